The maximum absolute atomic E-state index is 12.7. The number of hydrogen-bond donors (Lipinski definition) is 1. The smallest absolute Gasteiger partial charge is 0.306 e. The predicted molar refractivity (Wildman–Crippen MR) is 92.2 cm³/mol. The lowest BCUT2D eigenvalue weighted by Crippen LogP contribution is -2.57. The first-order valence-electron chi connectivity index (χ1n) is 9.79. The molecule has 2 saturated carbocycles. The molecule has 26 heavy (non-hydrogen) atoms. The van der Waals surface area contributed by atoms with Gasteiger partial charge in [-0.25, -0.2) is 0 Å². The van der Waals surface area contributed by atoms with E-state index in [2.05, 4.69) is 6.92 Å². The molecule has 0 aromatic heterocycles. The lowest BCUT2D eigenvalue weighted by molar-refractivity contribution is -0.159. The number of carbonyl (C=O) groups excluding carboxylic acids is 2. The van der Waals surface area contributed by atoms with Crippen LogP contribution in [0.25, 0.3) is 0 Å². The Labute approximate surface area is 152 Å². The van der Waals surface area contributed by atoms with Crippen molar-refractivity contribution in [2.75, 3.05) is 6.61 Å². The molecule has 1 N–H and O–H groups in total. The number of carboxylic acids is 1. The van der Waals surface area contributed by atoms with Crippen molar-refractivity contribution in [3.63, 3.8) is 0 Å². The van der Waals surface area contributed by atoms with Crippen LogP contribution in [-0.4, -0.2) is 35.4 Å². The van der Waals surface area contributed by atoms with Crippen LogP contribution in [0.15, 0.2) is 23.3 Å². The SMILES string of the molecule is C[C@@H]1CO[C@@H]2C3=C(CC4[C@H](C(=O)O)CCC5[C@@H]1CC[C@]452)C(=O)C=CC3=O. The predicted octanol–water partition coefficient (Wildman–Crippen LogP) is 2.55. The van der Waals surface area contributed by atoms with Crippen molar-refractivity contribution < 1.29 is 24.2 Å². The molecule has 5 rings (SSSR count). The molecular formula is C21H24O5. The van der Waals surface area contributed by atoms with E-state index in [9.17, 15) is 19.5 Å². The van der Waals surface area contributed by atoms with Gasteiger partial charge < -0.3 is 9.84 Å². The standard InChI is InChI=1S/C21H24O5/c1-10-9-26-19-18-13(16(22)4-5-17(18)23)8-15-12(20(24)25)2-3-14-11(10)6-7-21(14,15)19/h4-5,10-12,14-15,19H,2-3,6-9H2,1H3,(H,24,25)/t10-,11-,12-,14?,15?,19-,21-/m1/s1. The zero-order valence-corrected chi connectivity index (χ0v) is 14.9. The van der Waals surface area contributed by atoms with E-state index in [1.807, 2.05) is 0 Å². The third-order valence-corrected chi connectivity index (χ3v) is 8.10. The van der Waals surface area contributed by atoms with Gasteiger partial charge in [0.15, 0.2) is 11.6 Å². The number of ketones is 2. The highest BCUT2D eigenvalue weighted by atomic mass is 16.5. The normalized spacial score (nSPS) is 46.7. The number of rotatable bonds is 1. The third-order valence-electron chi connectivity index (χ3n) is 8.10. The van der Waals surface area contributed by atoms with Gasteiger partial charge in [-0.3, -0.25) is 14.4 Å². The molecule has 3 fully saturated rings. The van der Waals surface area contributed by atoms with E-state index in [4.69, 9.17) is 4.74 Å². The molecule has 138 valence electrons. The lowest BCUT2D eigenvalue weighted by atomic mass is 9.48. The summed E-state index contributed by atoms with van der Waals surface area (Å²) in [5.41, 5.74) is 0.763. The Bertz CT molecular complexity index is 777. The maximum Gasteiger partial charge on any atom is 0.306 e. The van der Waals surface area contributed by atoms with Crippen molar-refractivity contribution in [3.05, 3.63) is 23.3 Å². The van der Waals surface area contributed by atoms with Crippen molar-refractivity contribution in [2.24, 2.45) is 35.0 Å². The molecule has 1 saturated heterocycles. The summed E-state index contributed by atoms with van der Waals surface area (Å²) in [6.07, 6.45) is 6.26. The summed E-state index contributed by atoms with van der Waals surface area (Å²) in [5, 5.41) is 9.88. The van der Waals surface area contributed by atoms with Gasteiger partial charge in [0, 0.05) is 16.6 Å². The number of ether oxygens (including phenoxy) is 1. The van der Waals surface area contributed by atoms with E-state index in [1.165, 1.54) is 12.2 Å². The lowest BCUT2D eigenvalue weighted by Gasteiger charge is -2.56. The molecule has 2 unspecified atom stereocenters. The Kier molecular flexibility index (Phi) is 3.40. The van der Waals surface area contributed by atoms with Crippen LogP contribution in [0.2, 0.25) is 0 Å². The highest BCUT2D eigenvalue weighted by Gasteiger charge is 2.67. The summed E-state index contributed by atoms with van der Waals surface area (Å²) in [6, 6.07) is 0. The van der Waals surface area contributed by atoms with Crippen LogP contribution in [0.5, 0.6) is 0 Å². The third kappa shape index (κ3) is 1.87. The van der Waals surface area contributed by atoms with Gasteiger partial charge in [0.1, 0.15) is 0 Å². The first-order chi connectivity index (χ1) is 12.4. The van der Waals surface area contributed by atoms with Gasteiger partial charge in [0.05, 0.1) is 18.6 Å². The topological polar surface area (TPSA) is 80.7 Å². The Morgan fingerprint density at radius 1 is 1.15 bits per heavy atom. The van der Waals surface area contributed by atoms with Crippen LogP contribution < -0.4 is 0 Å². The van der Waals surface area contributed by atoms with Gasteiger partial charge in [0.25, 0.3) is 0 Å². The van der Waals surface area contributed by atoms with Crippen molar-refractivity contribution in [1.29, 1.82) is 0 Å². The molecule has 4 aliphatic carbocycles. The number of allylic oxidation sites excluding steroid dienone is 3. The zero-order chi connectivity index (χ0) is 18.2. The molecule has 0 aromatic rings. The molecule has 1 heterocycles. The van der Waals surface area contributed by atoms with Crippen LogP contribution >= 0.6 is 0 Å². The quantitative estimate of drug-likeness (QED) is 0.730. The number of fused-ring (bicyclic) bond motifs is 1. The molecule has 7 atom stereocenters. The van der Waals surface area contributed by atoms with Crippen LogP contribution in [0.3, 0.4) is 0 Å². The number of hydrogen-bond acceptors (Lipinski definition) is 4. The summed E-state index contributed by atoms with van der Waals surface area (Å²) in [4.78, 5) is 37.3. The van der Waals surface area contributed by atoms with Gasteiger partial charge in [0.2, 0.25) is 0 Å². The van der Waals surface area contributed by atoms with Gasteiger partial charge in [-0.2, -0.15) is 0 Å². The molecule has 0 radical (unpaired) electrons. The van der Waals surface area contributed by atoms with Crippen LogP contribution in [0.1, 0.15) is 39.0 Å². The van der Waals surface area contributed by atoms with E-state index < -0.39 is 18.0 Å². The van der Waals surface area contributed by atoms with Gasteiger partial charge in [-0.15, -0.1) is 0 Å². The summed E-state index contributed by atoms with van der Waals surface area (Å²) < 4.78 is 6.34. The van der Waals surface area contributed by atoms with E-state index >= 15 is 0 Å². The molecule has 5 aliphatic rings. The summed E-state index contributed by atoms with van der Waals surface area (Å²) >= 11 is 0. The van der Waals surface area contributed by atoms with Gasteiger partial charge in [-0.05, 0) is 67.9 Å². The van der Waals surface area contributed by atoms with Crippen LogP contribution in [0.4, 0.5) is 0 Å². The van der Waals surface area contributed by atoms with E-state index in [0.29, 0.717) is 48.3 Å². The highest BCUT2D eigenvalue weighted by molar-refractivity contribution is 6.21. The Balaban J connectivity index is 1.73. The maximum atomic E-state index is 12.7. The number of carbonyl (C=O) groups is 3. The Hall–Kier alpha value is -1.75. The van der Waals surface area contributed by atoms with E-state index in [-0.39, 0.29) is 22.9 Å². The molecular weight excluding hydrogens is 332 g/mol. The minimum atomic E-state index is -0.767. The number of aliphatic carboxylic acids is 1. The van der Waals surface area contributed by atoms with Crippen molar-refractivity contribution >= 4 is 17.5 Å². The fraction of sp³-hybridized carbons (Fsp3) is 0.667. The van der Waals surface area contributed by atoms with Crippen LogP contribution in [0, 0.1) is 35.0 Å². The monoisotopic (exact) mass is 356 g/mol. The zero-order valence-electron chi connectivity index (χ0n) is 14.9. The van der Waals surface area contributed by atoms with Crippen molar-refractivity contribution in [2.45, 2.75) is 45.1 Å². The summed E-state index contributed by atoms with van der Waals surface area (Å²) in [7, 11) is 0. The average molecular weight is 356 g/mol. The van der Waals surface area contributed by atoms with Crippen LogP contribution in [-0.2, 0) is 19.1 Å². The average Bonchev–Trinajstić information content (AvgIpc) is 2.94. The summed E-state index contributed by atoms with van der Waals surface area (Å²) in [5.74, 6) is -0.258. The molecule has 5 nitrogen and oxygen atoms in total. The molecule has 0 aromatic carbocycles. The Morgan fingerprint density at radius 2 is 1.92 bits per heavy atom. The molecule has 5 heteroatoms. The largest absolute Gasteiger partial charge is 0.481 e. The summed E-state index contributed by atoms with van der Waals surface area (Å²) in [6.45, 7) is 2.79. The molecule has 1 aliphatic heterocycles. The second kappa shape index (κ2) is 5.38. The molecule has 2 bridgehead atoms. The minimum absolute atomic E-state index is 0.110. The minimum Gasteiger partial charge on any atom is -0.481 e. The van der Waals surface area contributed by atoms with Gasteiger partial charge >= 0.3 is 5.97 Å². The molecule has 0 amide bonds. The first kappa shape index (κ1) is 16.4. The second-order valence-corrected chi connectivity index (χ2v) is 8.90. The first-order valence-corrected chi connectivity index (χ1v) is 9.79. The highest BCUT2D eigenvalue weighted by Crippen LogP contribution is 2.68. The van der Waals surface area contributed by atoms with E-state index in [0.717, 1.165) is 19.3 Å². The van der Waals surface area contributed by atoms with Gasteiger partial charge in [-0.1, -0.05) is 6.92 Å². The number of carboxylic acid groups (broad SMARTS) is 1. The Morgan fingerprint density at radius 3 is 2.69 bits per heavy atom. The van der Waals surface area contributed by atoms with Crippen molar-refractivity contribution in [3.8, 4) is 0 Å². The fourth-order valence-electron chi connectivity index (χ4n) is 7.13. The van der Waals surface area contributed by atoms with Crippen molar-refractivity contribution in [1.82, 2.24) is 0 Å². The fourth-order valence-corrected chi connectivity index (χ4v) is 7.13. The molecule has 1 spiro atoms. The second-order valence-electron chi connectivity index (χ2n) is 8.90. The van der Waals surface area contributed by atoms with E-state index in [1.54, 1.807) is 0 Å².